The van der Waals surface area contributed by atoms with Crippen LogP contribution in [0.25, 0.3) is 11.2 Å². The number of anilines is 1. The molecule has 2 N–H and O–H groups in total. The first-order chi connectivity index (χ1) is 9.33. The molecule has 0 aliphatic heterocycles. The summed E-state index contributed by atoms with van der Waals surface area (Å²) in [6, 6.07) is 4.11. The van der Waals surface area contributed by atoms with Crippen molar-refractivity contribution in [3.63, 3.8) is 0 Å². The van der Waals surface area contributed by atoms with Crippen molar-refractivity contribution < 1.29 is 0 Å². The van der Waals surface area contributed by atoms with Gasteiger partial charge in [0, 0.05) is 18.4 Å². The van der Waals surface area contributed by atoms with Crippen LogP contribution in [-0.4, -0.2) is 31.5 Å². The Morgan fingerprint density at radius 3 is 2.95 bits per heavy atom. The molecular formula is C13H14N6. The van der Waals surface area contributed by atoms with Crippen molar-refractivity contribution in [2.75, 3.05) is 11.9 Å². The van der Waals surface area contributed by atoms with Crippen LogP contribution in [0.2, 0.25) is 0 Å². The molecule has 3 rings (SSSR count). The fourth-order valence-corrected chi connectivity index (χ4v) is 1.87. The molecule has 6 nitrogen and oxygen atoms in total. The second-order valence-corrected chi connectivity index (χ2v) is 4.31. The van der Waals surface area contributed by atoms with Crippen molar-refractivity contribution in [2.24, 2.45) is 0 Å². The molecular weight excluding hydrogens is 240 g/mol. The molecule has 0 aliphatic rings. The number of rotatable bonds is 4. The Morgan fingerprint density at radius 1 is 1.16 bits per heavy atom. The van der Waals surface area contributed by atoms with E-state index in [-0.39, 0.29) is 0 Å². The summed E-state index contributed by atoms with van der Waals surface area (Å²) in [5.41, 5.74) is 3.75. The summed E-state index contributed by atoms with van der Waals surface area (Å²) in [6.45, 7) is 2.77. The van der Waals surface area contributed by atoms with Crippen molar-refractivity contribution in [1.29, 1.82) is 0 Å². The average Bonchev–Trinajstić information content (AvgIpc) is 2.90. The third kappa shape index (κ3) is 2.52. The van der Waals surface area contributed by atoms with E-state index in [9.17, 15) is 0 Å². The highest BCUT2D eigenvalue weighted by molar-refractivity contribution is 5.81. The number of imidazole rings is 1. The minimum Gasteiger partial charge on any atom is -0.368 e. The number of aromatic nitrogens is 5. The Morgan fingerprint density at radius 2 is 2.11 bits per heavy atom. The fourth-order valence-electron chi connectivity index (χ4n) is 1.87. The minimum atomic E-state index is 0.675. The zero-order valence-electron chi connectivity index (χ0n) is 10.6. The Balaban J connectivity index is 1.66. The second kappa shape index (κ2) is 5.01. The van der Waals surface area contributed by atoms with Gasteiger partial charge in [-0.3, -0.25) is 4.98 Å². The highest BCUT2D eigenvalue weighted by Gasteiger charge is 2.04. The fraction of sp³-hybridized carbons (Fsp3) is 0.231. The number of pyridine rings is 1. The number of hydrogen-bond acceptors (Lipinski definition) is 5. The van der Waals surface area contributed by atoms with Crippen LogP contribution in [0.15, 0.2) is 31.0 Å². The summed E-state index contributed by atoms with van der Waals surface area (Å²) in [5.74, 6) is 0.780. The predicted octanol–water partition coefficient (Wildman–Crippen LogP) is 1.71. The Bertz CT molecular complexity index is 673. The molecule has 0 unspecified atom stereocenters. The van der Waals surface area contributed by atoms with E-state index in [2.05, 4.69) is 36.3 Å². The Kier molecular flexibility index (Phi) is 3.06. The summed E-state index contributed by atoms with van der Waals surface area (Å²) < 4.78 is 0. The van der Waals surface area contributed by atoms with Crippen molar-refractivity contribution in [3.8, 4) is 0 Å². The van der Waals surface area contributed by atoms with Gasteiger partial charge < -0.3 is 10.3 Å². The number of fused-ring (bicyclic) bond motifs is 1. The Hall–Kier alpha value is -2.50. The molecule has 19 heavy (non-hydrogen) atoms. The van der Waals surface area contributed by atoms with E-state index in [1.54, 1.807) is 6.33 Å². The lowest BCUT2D eigenvalue weighted by molar-refractivity contribution is 0.986. The van der Waals surface area contributed by atoms with E-state index in [4.69, 9.17) is 0 Å². The number of aromatic amines is 1. The zero-order chi connectivity index (χ0) is 13.1. The molecule has 0 aromatic carbocycles. The smallest absolute Gasteiger partial charge is 0.182 e. The summed E-state index contributed by atoms with van der Waals surface area (Å²) in [6.07, 6.45) is 5.93. The predicted molar refractivity (Wildman–Crippen MR) is 72.9 cm³/mol. The summed E-state index contributed by atoms with van der Waals surface area (Å²) in [4.78, 5) is 19.7. The number of aryl methyl sites for hydroxylation is 1. The molecule has 3 aromatic heterocycles. The lowest BCUT2D eigenvalue weighted by Crippen LogP contribution is -2.07. The van der Waals surface area contributed by atoms with Crippen LogP contribution in [0.5, 0.6) is 0 Å². The average molecular weight is 254 g/mol. The van der Waals surface area contributed by atoms with E-state index in [1.807, 2.05) is 19.2 Å². The summed E-state index contributed by atoms with van der Waals surface area (Å²) in [7, 11) is 0. The van der Waals surface area contributed by atoms with Gasteiger partial charge in [-0.15, -0.1) is 0 Å². The minimum absolute atomic E-state index is 0.675. The van der Waals surface area contributed by atoms with Gasteiger partial charge in [0.2, 0.25) is 0 Å². The molecule has 0 aliphatic carbocycles. The molecule has 0 atom stereocenters. The van der Waals surface area contributed by atoms with Gasteiger partial charge in [0.15, 0.2) is 11.5 Å². The molecule has 0 spiro atoms. The maximum Gasteiger partial charge on any atom is 0.182 e. The van der Waals surface area contributed by atoms with Crippen LogP contribution in [0.1, 0.15) is 11.3 Å². The second-order valence-electron chi connectivity index (χ2n) is 4.31. The lowest BCUT2D eigenvalue weighted by atomic mass is 10.2. The lowest BCUT2D eigenvalue weighted by Gasteiger charge is -2.06. The van der Waals surface area contributed by atoms with E-state index >= 15 is 0 Å². The van der Waals surface area contributed by atoms with Gasteiger partial charge in [-0.2, -0.15) is 0 Å². The quantitative estimate of drug-likeness (QED) is 0.741. The third-order valence-corrected chi connectivity index (χ3v) is 2.90. The van der Waals surface area contributed by atoms with Crippen LogP contribution in [-0.2, 0) is 6.42 Å². The molecule has 0 amide bonds. The normalized spacial score (nSPS) is 10.8. The Labute approximate surface area is 110 Å². The molecule has 96 valence electrons. The maximum atomic E-state index is 4.28. The molecule has 6 heteroatoms. The molecule has 3 aromatic rings. The van der Waals surface area contributed by atoms with Crippen LogP contribution in [0.4, 0.5) is 5.82 Å². The number of hydrogen-bond donors (Lipinski definition) is 2. The van der Waals surface area contributed by atoms with E-state index in [0.717, 1.165) is 30.0 Å². The van der Waals surface area contributed by atoms with Crippen molar-refractivity contribution in [1.82, 2.24) is 24.9 Å². The van der Waals surface area contributed by atoms with Gasteiger partial charge in [-0.25, -0.2) is 15.0 Å². The van der Waals surface area contributed by atoms with Crippen molar-refractivity contribution >= 4 is 17.0 Å². The highest BCUT2D eigenvalue weighted by Crippen LogP contribution is 2.14. The van der Waals surface area contributed by atoms with Gasteiger partial charge in [0.25, 0.3) is 0 Å². The molecule has 0 saturated carbocycles. The van der Waals surface area contributed by atoms with Gasteiger partial charge in [0.1, 0.15) is 11.8 Å². The van der Waals surface area contributed by atoms with Crippen molar-refractivity contribution in [2.45, 2.75) is 13.3 Å². The standard InChI is InChI=1S/C13H14N6/c1-9-2-3-10(6-15-9)4-5-14-12-11-13(17-7-16-11)19-8-18-12/h2-3,6-8H,4-5H2,1H3,(H2,14,16,17,18,19). The van der Waals surface area contributed by atoms with Gasteiger partial charge in [0.05, 0.1) is 6.33 Å². The van der Waals surface area contributed by atoms with Gasteiger partial charge in [-0.1, -0.05) is 6.07 Å². The highest BCUT2D eigenvalue weighted by atomic mass is 15.1. The zero-order valence-corrected chi connectivity index (χ0v) is 10.6. The third-order valence-electron chi connectivity index (χ3n) is 2.90. The van der Waals surface area contributed by atoms with Gasteiger partial charge >= 0.3 is 0 Å². The van der Waals surface area contributed by atoms with Crippen LogP contribution in [0.3, 0.4) is 0 Å². The first kappa shape index (κ1) is 11.6. The monoisotopic (exact) mass is 254 g/mol. The molecule has 3 heterocycles. The number of H-pyrrole nitrogens is 1. The SMILES string of the molecule is Cc1ccc(CCNc2ncnc3nc[nH]c23)cn1. The molecule has 0 radical (unpaired) electrons. The summed E-state index contributed by atoms with van der Waals surface area (Å²) in [5, 5.41) is 3.29. The van der Waals surface area contributed by atoms with Crippen LogP contribution >= 0.6 is 0 Å². The maximum absolute atomic E-state index is 4.28. The van der Waals surface area contributed by atoms with Crippen molar-refractivity contribution in [3.05, 3.63) is 42.2 Å². The first-order valence-electron chi connectivity index (χ1n) is 6.12. The van der Waals surface area contributed by atoms with E-state index < -0.39 is 0 Å². The molecule has 0 saturated heterocycles. The number of nitrogens with one attached hydrogen (secondary N) is 2. The largest absolute Gasteiger partial charge is 0.368 e. The van der Waals surface area contributed by atoms with E-state index in [1.165, 1.54) is 11.9 Å². The van der Waals surface area contributed by atoms with Crippen LogP contribution < -0.4 is 5.32 Å². The topological polar surface area (TPSA) is 79.4 Å². The van der Waals surface area contributed by atoms with E-state index in [0.29, 0.717) is 5.65 Å². The summed E-state index contributed by atoms with van der Waals surface area (Å²) >= 11 is 0. The van der Waals surface area contributed by atoms with Gasteiger partial charge in [-0.05, 0) is 25.0 Å². The molecule has 0 bridgehead atoms. The molecule has 0 fully saturated rings. The van der Waals surface area contributed by atoms with Crippen LogP contribution in [0, 0.1) is 6.92 Å². The first-order valence-corrected chi connectivity index (χ1v) is 6.12. The number of nitrogens with zero attached hydrogens (tertiary/aromatic N) is 4.